The molecule has 2 aromatic rings. The smallest absolute Gasteiger partial charge is 0.182 e. The summed E-state index contributed by atoms with van der Waals surface area (Å²) in [6, 6.07) is 15.6. The minimum atomic E-state index is 0.104. The Morgan fingerprint density at radius 2 is 1.77 bits per heavy atom. The molecule has 4 heteroatoms. The monoisotopic (exact) mass is 350 g/mol. The summed E-state index contributed by atoms with van der Waals surface area (Å²) in [6.45, 7) is 3.16. The van der Waals surface area contributed by atoms with Crippen LogP contribution in [0.3, 0.4) is 0 Å². The van der Waals surface area contributed by atoms with E-state index in [4.69, 9.17) is 9.73 Å². The molecule has 0 bridgehead atoms. The van der Waals surface area contributed by atoms with Crippen LogP contribution < -0.4 is 9.64 Å². The van der Waals surface area contributed by atoms with Crippen LogP contribution in [0.5, 0.6) is 5.75 Å². The van der Waals surface area contributed by atoms with Gasteiger partial charge in [-0.25, -0.2) is 0 Å². The predicted molar refractivity (Wildman–Crippen MR) is 107 cm³/mol. The number of aliphatic imine (C=N–C) groups is 1. The van der Waals surface area contributed by atoms with Crippen molar-refractivity contribution in [3.05, 3.63) is 59.7 Å². The first-order valence-electron chi connectivity index (χ1n) is 9.22. The molecule has 1 aliphatic rings. The number of aryl methyl sites for hydroxylation is 1. The van der Waals surface area contributed by atoms with Gasteiger partial charge in [-0.3, -0.25) is 9.79 Å². The lowest BCUT2D eigenvalue weighted by atomic mass is 10.1. The van der Waals surface area contributed by atoms with E-state index in [-0.39, 0.29) is 5.78 Å². The number of Topliss-reactive ketones (excluding diaryl/α,β-unsaturated/α-hetero) is 1. The number of nitrogens with zero attached hydrogens (tertiary/aromatic N) is 2. The van der Waals surface area contributed by atoms with E-state index in [1.165, 1.54) is 6.42 Å². The van der Waals surface area contributed by atoms with Crippen molar-refractivity contribution >= 4 is 17.3 Å². The Morgan fingerprint density at radius 1 is 1.04 bits per heavy atom. The molecule has 0 aliphatic carbocycles. The van der Waals surface area contributed by atoms with Crippen molar-refractivity contribution < 1.29 is 9.53 Å². The predicted octanol–water partition coefficient (Wildman–Crippen LogP) is 4.67. The molecule has 0 amide bonds. The lowest BCUT2D eigenvalue weighted by molar-refractivity contribution is 0.100. The van der Waals surface area contributed by atoms with Crippen molar-refractivity contribution in [2.75, 3.05) is 25.1 Å². The number of ketones is 1. The van der Waals surface area contributed by atoms with E-state index in [1.807, 2.05) is 55.5 Å². The number of rotatable bonds is 5. The van der Waals surface area contributed by atoms with Gasteiger partial charge >= 0.3 is 0 Å². The van der Waals surface area contributed by atoms with E-state index in [2.05, 4.69) is 4.90 Å². The zero-order valence-electron chi connectivity index (χ0n) is 15.6. The Bertz CT molecular complexity index is 764. The van der Waals surface area contributed by atoms with Crippen molar-refractivity contribution in [2.45, 2.75) is 32.6 Å². The first kappa shape index (κ1) is 18.2. The Balaban J connectivity index is 1.87. The van der Waals surface area contributed by atoms with Crippen molar-refractivity contribution in [1.29, 1.82) is 0 Å². The van der Waals surface area contributed by atoms with E-state index < -0.39 is 0 Å². The van der Waals surface area contributed by atoms with Gasteiger partial charge in [-0.1, -0.05) is 36.2 Å². The molecule has 1 aliphatic heterocycles. The highest BCUT2D eigenvalue weighted by molar-refractivity contribution is 6.07. The van der Waals surface area contributed by atoms with Crippen LogP contribution in [-0.2, 0) is 0 Å². The second-order valence-electron chi connectivity index (χ2n) is 6.68. The Labute approximate surface area is 155 Å². The van der Waals surface area contributed by atoms with Crippen LogP contribution in [0.15, 0.2) is 53.5 Å². The summed E-state index contributed by atoms with van der Waals surface area (Å²) in [4.78, 5) is 19.7. The van der Waals surface area contributed by atoms with E-state index in [9.17, 15) is 4.79 Å². The Hall–Kier alpha value is -2.62. The Morgan fingerprint density at radius 3 is 2.46 bits per heavy atom. The SMILES string of the molecule is COc1ccc(N(CC(=O)c2ccc(C)cc2)C2=NCCCCC2)cc1. The van der Waals surface area contributed by atoms with Gasteiger partial charge in [0.1, 0.15) is 11.6 Å². The van der Waals surface area contributed by atoms with E-state index in [0.717, 1.165) is 54.2 Å². The molecule has 0 aromatic heterocycles. The van der Waals surface area contributed by atoms with Gasteiger partial charge in [-0.15, -0.1) is 0 Å². The third kappa shape index (κ3) is 4.51. The van der Waals surface area contributed by atoms with Gasteiger partial charge in [0, 0.05) is 24.2 Å². The molecular weight excluding hydrogens is 324 g/mol. The van der Waals surface area contributed by atoms with E-state index in [0.29, 0.717) is 6.54 Å². The van der Waals surface area contributed by atoms with Crippen molar-refractivity contribution in [3.63, 3.8) is 0 Å². The highest BCUT2D eigenvalue weighted by Gasteiger charge is 2.19. The molecule has 1 heterocycles. The number of carbonyl (C=O) groups is 1. The average Bonchev–Trinajstić information content (AvgIpc) is 2.96. The molecule has 0 spiro atoms. The van der Waals surface area contributed by atoms with Gasteiger partial charge in [0.05, 0.1) is 13.7 Å². The van der Waals surface area contributed by atoms with Gasteiger partial charge in [0.2, 0.25) is 0 Å². The molecule has 26 heavy (non-hydrogen) atoms. The van der Waals surface area contributed by atoms with Crippen molar-refractivity contribution in [3.8, 4) is 5.75 Å². The second kappa shape index (κ2) is 8.65. The summed E-state index contributed by atoms with van der Waals surface area (Å²) >= 11 is 0. The number of hydrogen-bond acceptors (Lipinski definition) is 4. The summed E-state index contributed by atoms with van der Waals surface area (Å²) in [5, 5.41) is 0. The zero-order chi connectivity index (χ0) is 18.4. The molecular formula is C22H26N2O2. The van der Waals surface area contributed by atoms with E-state index >= 15 is 0 Å². The number of ether oxygens (including phenoxy) is 1. The molecule has 2 aromatic carbocycles. The molecule has 0 fully saturated rings. The minimum Gasteiger partial charge on any atom is -0.497 e. The lowest BCUT2D eigenvalue weighted by Gasteiger charge is -2.26. The Kier molecular flexibility index (Phi) is 6.05. The second-order valence-corrected chi connectivity index (χ2v) is 6.68. The molecule has 4 nitrogen and oxygen atoms in total. The fraction of sp³-hybridized carbons (Fsp3) is 0.364. The highest BCUT2D eigenvalue weighted by Crippen LogP contribution is 2.23. The number of hydrogen-bond donors (Lipinski definition) is 0. The first-order valence-corrected chi connectivity index (χ1v) is 9.22. The summed E-state index contributed by atoms with van der Waals surface area (Å²) in [5.41, 5.74) is 2.87. The normalized spacial score (nSPS) is 14.3. The van der Waals surface area contributed by atoms with Gasteiger partial charge < -0.3 is 9.64 Å². The minimum absolute atomic E-state index is 0.104. The molecule has 0 saturated carbocycles. The number of methoxy groups -OCH3 is 1. The summed E-state index contributed by atoms with van der Waals surface area (Å²) in [6.07, 6.45) is 4.33. The molecule has 0 saturated heterocycles. The maximum Gasteiger partial charge on any atom is 0.182 e. The van der Waals surface area contributed by atoms with Gasteiger partial charge in [0.15, 0.2) is 5.78 Å². The van der Waals surface area contributed by atoms with Gasteiger partial charge in [0.25, 0.3) is 0 Å². The lowest BCUT2D eigenvalue weighted by Crippen LogP contribution is -2.36. The fourth-order valence-electron chi connectivity index (χ4n) is 3.15. The van der Waals surface area contributed by atoms with Gasteiger partial charge in [-0.05, 0) is 44.0 Å². The quantitative estimate of drug-likeness (QED) is 0.736. The maximum atomic E-state index is 12.9. The standard InChI is InChI=1S/C22H26N2O2/c1-17-7-9-18(10-8-17)21(25)16-24(22-6-4-3-5-15-23-22)19-11-13-20(26-2)14-12-19/h7-14H,3-6,15-16H2,1-2H3. The maximum absolute atomic E-state index is 12.9. The number of benzene rings is 2. The van der Waals surface area contributed by atoms with Crippen LogP contribution in [0.4, 0.5) is 5.69 Å². The summed E-state index contributed by atoms with van der Waals surface area (Å²) < 4.78 is 5.26. The third-order valence-electron chi connectivity index (χ3n) is 4.72. The molecule has 0 radical (unpaired) electrons. The molecule has 0 N–H and O–H groups in total. The largest absolute Gasteiger partial charge is 0.497 e. The van der Waals surface area contributed by atoms with Gasteiger partial charge in [-0.2, -0.15) is 0 Å². The summed E-state index contributed by atoms with van der Waals surface area (Å²) in [5.74, 6) is 1.92. The molecule has 136 valence electrons. The van der Waals surface area contributed by atoms with Crippen molar-refractivity contribution in [2.24, 2.45) is 4.99 Å². The zero-order valence-corrected chi connectivity index (χ0v) is 15.6. The molecule has 0 atom stereocenters. The first-order chi connectivity index (χ1) is 12.7. The number of amidine groups is 1. The van der Waals surface area contributed by atoms with Crippen LogP contribution in [0, 0.1) is 6.92 Å². The van der Waals surface area contributed by atoms with Crippen LogP contribution in [-0.4, -0.2) is 31.8 Å². The highest BCUT2D eigenvalue weighted by atomic mass is 16.5. The molecule has 0 unspecified atom stereocenters. The van der Waals surface area contributed by atoms with E-state index in [1.54, 1.807) is 7.11 Å². The molecule has 3 rings (SSSR count). The van der Waals surface area contributed by atoms with Crippen LogP contribution in [0.2, 0.25) is 0 Å². The van der Waals surface area contributed by atoms with Crippen molar-refractivity contribution in [1.82, 2.24) is 0 Å². The topological polar surface area (TPSA) is 41.9 Å². The number of anilines is 1. The third-order valence-corrected chi connectivity index (χ3v) is 4.72. The number of carbonyl (C=O) groups excluding carboxylic acids is 1. The van der Waals surface area contributed by atoms with Crippen LogP contribution >= 0.6 is 0 Å². The fourth-order valence-corrected chi connectivity index (χ4v) is 3.15. The van der Waals surface area contributed by atoms with Crippen LogP contribution in [0.25, 0.3) is 0 Å². The summed E-state index contributed by atoms with van der Waals surface area (Å²) in [7, 11) is 1.66. The average molecular weight is 350 g/mol. The van der Waals surface area contributed by atoms with Crippen LogP contribution in [0.1, 0.15) is 41.6 Å².